The molecule has 1 rings (SSSR count). The summed E-state index contributed by atoms with van der Waals surface area (Å²) in [5.41, 5.74) is 1.46. The van der Waals surface area contributed by atoms with Gasteiger partial charge in [0.25, 0.3) is 0 Å². The van der Waals surface area contributed by atoms with Gasteiger partial charge in [-0.2, -0.15) is 5.10 Å². The van der Waals surface area contributed by atoms with Gasteiger partial charge in [0, 0.05) is 24.8 Å². The lowest BCUT2D eigenvalue weighted by Crippen LogP contribution is -2.51. The Morgan fingerprint density at radius 2 is 1.86 bits per heavy atom. The van der Waals surface area contributed by atoms with Crippen LogP contribution in [0.2, 0.25) is 0 Å². The molecule has 1 aromatic rings. The van der Waals surface area contributed by atoms with E-state index in [-0.39, 0.29) is 12.3 Å². The van der Waals surface area contributed by atoms with Crippen molar-refractivity contribution in [1.29, 1.82) is 0 Å². The van der Waals surface area contributed by atoms with Gasteiger partial charge in [0.1, 0.15) is 5.54 Å². The number of hydrogen-bond acceptors (Lipinski definition) is 3. The Kier molecular flexibility index (Phi) is 5.38. The highest BCUT2D eigenvalue weighted by molar-refractivity contribution is 5.87. The Morgan fingerprint density at radius 3 is 2.32 bits per heavy atom. The minimum atomic E-state index is -1.23. The molecule has 0 bridgehead atoms. The zero-order chi connectivity index (χ0) is 17.2. The molecule has 0 fully saturated rings. The SMILES string of the molecule is Cc1nn(CC(C)C)c(C)c1CC(=O)N(C)C(C)(C)C(=O)O. The van der Waals surface area contributed by atoms with Crippen LogP contribution < -0.4 is 0 Å². The number of amides is 1. The van der Waals surface area contributed by atoms with Crippen molar-refractivity contribution in [2.75, 3.05) is 7.05 Å². The molecule has 124 valence electrons. The monoisotopic (exact) mass is 309 g/mol. The van der Waals surface area contributed by atoms with E-state index in [2.05, 4.69) is 18.9 Å². The first-order chi connectivity index (χ1) is 9.98. The highest BCUT2D eigenvalue weighted by Gasteiger charge is 2.35. The van der Waals surface area contributed by atoms with E-state index in [4.69, 9.17) is 0 Å². The summed E-state index contributed by atoms with van der Waals surface area (Å²) < 4.78 is 1.92. The van der Waals surface area contributed by atoms with Gasteiger partial charge in [-0.05, 0) is 33.6 Å². The zero-order valence-electron chi connectivity index (χ0n) is 14.6. The van der Waals surface area contributed by atoms with Crippen LogP contribution in [0.25, 0.3) is 0 Å². The van der Waals surface area contributed by atoms with Crippen molar-refractivity contribution in [1.82, 2.24) is 14.7 Å². The van der Waals surface area contributed by atoms with Gasteiger partial charge >= 0.3 is 5.97 Å². The summed E-state index contributed by atoms with van der Waals surface area (Å²) in [5.74, 6) is -0.773. The second-order valence-corrected chi connectivity index (χ2v) is 6.72. The maximum Gasteiger partial charge on any atom is 0.329 e. The van der Waals surface area contributed by atoms with E-state index >= 15 is 0 Å². The highest BCUT2D eigenvalue weighted by atomic mass is 16.4. The number of hydrogen-bond donors (Lipinski definition) is 1. The second kappa shape index (κ2) is 6.50. The molecule has 1 aromatic heterocycles. The number of carboxylic acid groups (broad SMARTS) is 1. The van der Waals surface area contributed by atoms with Crippen LogP contribution in [0.3, 0.4) is 0 Å². The van der Waals surface area contributed by atoms with Crippen molar-refractivity contribution in [3.8, 4) is 0 Å². The highest BCUT2D eigenvalue weighted by Crippen LogP contribution is 2.19. The maximum absolute atomic E-state index is 12.4. The predicted molar refractivity (Wildman–Crippen MR) is 84.7 cm³/mol. The lowest BCUT2D eigenvalue weighted by Gasteiger charge is -2.31. The lowest BCUT2D eigenvalue weighted by atomic mass is 10.0. The van der Waals surface area contributed by atoms with Crippen LogP contribution in [0, 0.1) is 19.8 Å². The normalized spacial score (nSPS) is 11.8. The van der Waals surface area contributed by atoms with Gasteiger partial charge < -0.3 is 10.0 Å². The summed E-state index contributed by atoms with van der Waals surface area (Å²) >= 11 is 0. The molecule has 0 aromatic carbocycles. The van der Waals surface area contributed by atoms with Crippen molar-refractivity contribution in [3.63, 3.8) is 0 Å². The molecule has 0 radical (unpaired) electrons. The number of carboxylic acids is 1. The molecule has 0 aliphatic carbocycles. The van der Waals surface area contributed by atoms with Crippen LogP contribution in [-0.4, -0.2) is 44.3 Å². The van der Waals surface area contributed by atoms with Crippen LogP contribution in [0.15, 0.2) is 0 Å². The standard InChI is InChI=1S/C16H27N3O3/c1-10(2)9-19-12(4)13(11(3)17-19)8-14(20)18(7)16(5,6)15(21)22/h10H,8-9H2,1-7H3,(H,21,22). The van der Waals surface area contributed by atoms with E-state index in [1.54, 1.807) is 0 Å². The molecular weight excluding hydrogens is 282 g/mol. The average Bonchev–Trinajstić information content (AvgIpc) is 2.64. The third-order valence-electron chi connectivity index (χ3n) is 4.13. The van der Waals surface area contributed by atoms with Gasteiger partial charge in [-0.25, -0.2) is 4.79 Å². The van der Waals surface area contributed by atoms with Crippen molar-refractivity contribution in [3.05, 3.63) is 17.0 Å². The Bertz CT molecular complexity index is 573. The number of aromatic nitrogens is 2. The number of carbonyl (C=O) groups is 2. The molecule has 0 saturated carbocycles. The van der Waals surface area contributed by atoms with E-state index in [1.165, 1.54) is 25.8 Å². The molecule has 0 unspecified atom stereocenters. The third-order valence-corrected chi connectivity index (χ3v) is 4.13. The Morgan fingerprint density at radius 1 is 1.32 bits per heavy atom. The lowest BCUT2D eigenvalue weighted by molar-refractivity contribution is -0.155. The fraction of sp³-hybridized carbons (Fsp3) is 0.688. The molecule has 6 nitrogen and oxygen atoms in total. The maximum atomic E-state index is 12.4. The van der Waals surface area contributed by atoms with Crippen molar-refractivity contribution >= 4 is 11.9 Å². The zero-order valence-corrected chi connectivity index (χ0v) is 14.6. The van der Waals surface area contributed by atoms with Crippen LogP contribution >= 0.6 is 0 Å². The van der Waals surface area contributed by atoms with E-state index < -0.39 is 11.5 Å². The number of aliphatic carboxylic acids is 1. The Hall–Kier alpha value is -1.85. The smallest absolute Gasteiger partial charge is 0.329 e. The minimum absolute atomic E-state index is 0.170. The van der Waals surface area contributed by atoms with E-state index in [9.17, 15) is 14.7 Å². The van der Waals surface area contributed by atoms with Crippen molar-refractivity contribution in [2.45, 2.75) is 60.0 Å². The van der Waals surface area contributed by atoms with E-state index in [0.29, 0.717) is 5.92 Å². The topological polar surface area (TPSA) is 75.4 Å². The number of rotatable bonds is 6. The first-order valence-electron chi connectivity index (χ1n) is 7.51. The second-order valence-electron chi connectivity index (χ2n) is 6.72. The van der Waals surface area contributed by atoms with Crippen LogP contribution in [-0.2, 0) is 22.6 Å². The summed E-state index contributed by atoms with van der Waals surface area (Å²) in [4.78, 5) is 25.0. The van der Waals surface area contributed by atoms with Gasteiger partial charge in [-0.3, -0.25) is 9.48 Å². The van der Waals surface area contributed by atoms with E-state index in [1.807, 2.05) is 18.5 Å². The summed E-state index contributed by atoms with van der Waals surface area (Å²) in [6.45, 7) is 11.9. The molecule has 1 heterocycles. The first-order valence-corrected chi connectivity index (χ1v) is 7.51. The van der Waals surface area contributed by atoms with Crippen molar-refractivity contribution < 1.29 is 14.7 Å². The van der Waals surface area contributed by atoms with Gasteiger partial charge in [0.05, 0.1) is 12.1 Å². The van der Waals surface area contributed by atoms with Gasteiger partial charge in [-0.15, -0.1) is 0 Å². The fourth-order valence-corrected chi connectivity index (χ4v) is 2.24. The van der Waals surface area contributed by atoms with Crippen LogP contribution in [0.1, 0.15) is 44.6 Å². The quantitative estimate of drug-likeness (QED) is 0.872. The number of carbonyl (C=O) groups excluding carboxylic acids is 1. The van der Waals surface area contributed by atoms with Gasteiger partial charge in [-0.1, -0.05) is 13.8 Å². The average molecular weight is 309 g/mol. The van der Waals surface area contributed by atoms with Gasteiger partial charge in [0.15, 0.2) is 0 Å². The summed E-state index contributed by atoms with van der Waals surface area (Å²) in [5, 5.41) is 13.7. The first kappa shape index (κ1) is 18.2. The molecule has 0 aliphatic heterocycles. The molecule has 22 heavy (non-hydrogen) atoms. The third kappa shape index (κ3) is 3.67. The largest absolute Gasteiger partial charge is 0.480 e. The van der Waals surface area contributed by atoms with Crippen LogP contribution in [0.5, 0.6) is 0 Å². The minimum Gasteiger partial charge on any atom is -0.480 e. The van der Waals surface area contributed by atoms with Crippen molar-refractivity contribution in [2.24, 2.45) is 5.92 Å². The Labute approximate surface area is 132 Å². The summed E-state index contributed by atoms with van der Waals surface area (Å²) in [7, 11) is 1.53. The fourth-order valence-electron chi connectivity index (χ4n) is 2.24. The number of nitrogens with zero attached hydrogens (tertiary/aromatic N) is 3. The Balaban J connectivity index is 2.98. The molecular formula is C16H27N3O3. The molecule has 0 aliphatic rings. The number of aryl methyl sites for hydroxylation is 1. The summed E-state index contributed by atoms with van der Waals surface area (Å²) in [6, 6.07) is 0. The summed E-state index contributed by atoms with van der Waals surface area (Å²) in [6.07, 6.45) is 0.170. The molecule has 1 N–H and O–H groups in total. The predicted octanol–water partition coefficient (Wildman–Crippen LogP) is 2.02. The molecule has 0 spiro atoms. The molecule has 6 heteroatoms. The van der Waals surface area contributed by atoms with E-state index in [0.717, 1.165) is 23.5 Å². The molecule has 0 saturated heterocycles. The van der Waals surface area contributed by atoms with Gasteiger partial charge in [0.2, 0.25) is 5.91 Å². The molecule has 0 atom stereocenters. The molecule has 1 amide bonds. The van der Waals surface area contributed by atoms with Crippen LogP contribution in [0.4, 0.5) is 0 Å². The number of likely N-dealkylation sites (N-methyl/N-ethyl adjacent to an activating group) is 1.